The number of anilines is 1. The first-order chi connectivity index (χ1) is 12.9. The maximum Gasteiger partial charge on any atom is 0.311 e. The lowest BCUT2D eigenvalue weighted by Crippen LogP contribution is -2.50. The summed E-state index contributed by atoms with van der Waals surface area (Å²) in [5, 5.41) is 7.29. The average molecular weight is 372 g/mol. The standard InChI is InChI=1S/C18H24N6O3/c1-24-14(19)12-11(23-24)13(22-10-21-12)15(25)20-9-17-3-6-18(7-4-17,8-5-17)16(26)27-2/h10H,3-9,19H2,1-2H3,(H,20,25). The molecule has 5 rings (SSSR count). The Hall–Kier alpha value is -2.71. The lowest BCUT2D eigenvalue weighted by Gasteiger charge is -2.51. The van der Waals surface area contributed by atoms with Crippen molar-refractivity contribution in [3.8, 4) is 0 Å². The molecule has 0 unspecified atom stereocenters. The molecule has 0 radical (unpaired) electrons. The van der Waals surface area contributed by atoms with E-state index in [-0.39, 0.29) is 28.4 Å². The van der Waals surface area contributed by atoms with Crippen LogP contribution in [-0.4, -0.2) is 45.3 Å². The lowest BCUT2D eigenvalue weighted by molar-refractivity contribution is -0.162. The van der Waals surface area contributed by atoms with Gasteiger partial charge in [0.2, 0.25) is 0 Å². The summed E-state index contributed by atoms with van der Waals surface area (Å²) >= 11 is 0. The van der Waals surface area contributed by atoms with E-state index in [2.05, 4.69) is 20.4 Å². The number of amides is 1. The molecule has 0 atom stereocenters. The highest BCUT2D eigenvalue weighted by Crippen LogP contribution is 2.57. The predicted molar refractivity (Wildman–Crippen MR) is 97.6 cm³/mol. The van der Waals surface area contributed by atoms with Crippen LogP contribution >= 0.6 is 0 Å². The number of carbonyl (C=O) groups is 2. The minimum atomic E-state index is -0.315. The normalized spacial score (nSPS) is 26.9. The van der Waals surface area contributed by atoms with Crippen LogP contribution in [0.3, 0.4) is 0 Å². The molecule has 27 heavy (non-hydrogen) atoms. The molecule has 2 bridgehead atoms. The van der Waals surface area contributed by atoms with E-state index >= 15 is 0 Å². The number of aryl methyl sites for hydroxylation is 1. The summed E-state index contributed by atoms with van der Waals surface area (Å²) in [7, 11) is 3.16. The Kier molecular flexibility index (Phi) is 4.05. The van der Waals surface area contributed by atoms with Crippen LogP contribution < -0.4 is 11.1 Å². The monoisotopic (exact) mass is 372 g/mol. The first-order valence-corrected chi connectivity index (χ1v) is 9.20. The summed E-state index contributed by atoms with van der Waals surface area (Å²) in [4.78, 5) is 33.1. The van der Waals surface area contributed by atoms with Crippen molar-refractivity contribution < 1.29 is 14.3 Å². The van der Waals surface area contributed by atoms with Crippen LogP contribution in [0, 0.1) is 10.8 Å². The number of nitrogen functional groups attached to an aromatic ring is 1. The Morgan fingerprint density at radius 1 is 1.19 bits per heavy atom. The van der Waals surface area contributed by atoms with Crippen LogP contribution in [0.25, 0.3) is 11.0 Å². The largest absolute Gasteiger partial charge is 0.469 e. The fraction of sp³-hybridized carbons (Fsp3) is 0.611. The number of nitrogens with two attached hydrogens (primary N) is 1. The van der Waals surface area contributed by atoms with Gasteiger partial charge in [0.15, 0.2) is 5.69 Å². The van der Waals surface area contributed by atoms with Gasteiger partial charge in [-0.05, 0) is 43.9 Å². The minimum Gasteiger partial charge on any atom is -0.469 e. The number of aromatic nitrogens is 4. The summed E-state index contributed by atoms with van der Waals surface area (Å²) in [5.74, 6) is 0.0416. The van der Waals surface area contributed by atoms with E-state index in [1.807, 2.05) is 0 Å². The maximum atomic E-state index is 12.7. The smallest absolute Gasteiger partial charge is 0.311 e. The van der Waals surface area contributed by atoms with Gasteiger partial charge in [-0.1, -0.05) is 0 Å². The van der Waals surface area contributed by atoms with Crippen molar-refractivity contribution in [2.24, 2.45) is 17.9 Å². The molecule has 0 aromatic carbocycles. The van der Waals surface area contributed by atoms with Crippen molar-refractivity contribution in [1.82, 2.24) is 25.1 Å². The molecular weight excluding hydrogens is 348 g/mol. The third kappa shape index (κ3) is 2.72. The zero-order valence-electron chi connectivity index (χ0n) is 15.6. The highest BCUT2D eigenvalue weighted by Gasteiger charge is 2.53. The molecule has 9 nitrogen and oxygen atoms in total. The number of ether oxygens (including phenoxy) is 1. The van der Waals surface area contributed by atoms with Crippen molar-refractivity contribution in [2.45, 2.75) is 38.5 Å². The lowest BCUT2D eigenvalue weighted by atomic mass is 9.53. The van der Waals surface area contributed by atoms with E-state index in [0.29, 0.717) is 23.4 Å². The molecule has 0 saturated heterocycles. The summed E-state index contributed by atoms with van der Waals surface area (Å²) < 4.78 is 6.50. The first-order valence-electron chi connectivity index (χ1n) is 9.20. The second-order valence-corrected chi connectivity index (χ2v) is 7.88. The van der Waals surface area contributed by atoms with Gasteiger partial charge in [0.25, 0.3) is 5.91 Å². The molecule has 2 aromatic heterocycles. The molecule has 3 fully saturated rings. The first kappa shape index (κ1) is 17.7. The minimum absolute atomic E-state index is 0.0424. The third-order valence-electron chi connectivity index (χ3n) is 6.52. The molecule has 3 aliphatic carbocycles. The zero-order valence-corrected chi connectivity index (χ0v) is 15.6. The van der Waals surface area contributed by atoms with Crippen molar-refractivity contribution >= 4 is 28.7 Å². The average Bonchev–Trinajstić information content (AvgIpc) is 3.01. The molecule has 3 aliphatic rings. The van der Waals surface area contributed by atoms with Gasteiger partial charge in [-0.15, -0.1) is 0 Å². The third-order valence-corrected chi connectivity index (χ3v) is 6.52. The number of rotatable bonds is 4. The summed E-state index contributed by atoms with van der Waals surface area (Å²) in [6.45, 7) is 0.566. The second kappa shape index (κ2) is 6.17. The summed E-state index contributed by atoms with van der Waals surface area (Å²) in [6.07, 6.45) is 6.55. The van der Waals surface area contributed by atoms with E-state index in [9.17, 15) is 9.59 Å². The Morgan fingerprint density at radius 3 is 2.48 bits per heavy atom. The number of hydrogen-bond acceptors (Lipinski definition) is 7. The van der Waals surface area contributed by atoms with E-state index in [1.54, 1.807) is 7.05 Å². The van der Waals surface area contributed by atoms with Crippen LogP contribution in [0.5, 0.6) is 0 Å². The van der Waals surface area contributed by atoms with Crippen molar-refractivity contribution in [2.75, 3.05) is 19.4 Å². The molecule has 2 aromatic rings. The van der Waals surface area contributed by atoms with Gasteiger partial charge >= 0.3 is 5.97 Å². The van der Waals surface area contributed by atoms with Crippen LogP contribution in [0.2, 0.25) is 0 Å². The Labute approximate surface area is 156 Å². The van der Waals surface area contributed by atoms with Gasteiger partial charge in [0, 0.05) is 13.6 Å². The number of fused-ring (bicyclic) bond motifs is 4. The zero-order chi connectivity index (χ0) is 19.2. The number of nitrogens with zero attached hydrogens (tertiary/aromatic N) is 4. The fourth-order valence-corrected chi connectivity index (χ4v) is 4.59. The number of carbonyl (C=O) groups excluding carboxylic acids is 2. The molecule has 9 heteroatoms. The Balaban J connectivity index is 1.47. The number of hydrogen-bond donors (Lipinski definition) is 2. The van der Waals surface area contributed by atoms with Gasteiger partial charge in [-0.2, -0.15) is 5.10 Å². The number of nitrogens with one attached hydrogen (secondary N) is 1. The molecular formula is C18H24N6O3. The van der Waals surface area contributed by atoms with E-state index < -0.39 is 0 Å². The molecule has 0 aliphatic heterocycles. The molecule has 2 heterocycles. The van der Waals surface area contributed by atoms with Crippen LogP contribution in [0.1, 0.15) is 49.0 Å². The summed E-state index contributed by atoms with van der Waals surface area (Å²) in [6, 6.07) is 0. The van der Waals surface area contributed by atoms with Crippen molar-refractivity contribution in [3.05, 3.63) is 12.0 Å². The van der Waals surface area contributed by atoms with Gasteiger partial charge in [0.1, 0.15) is 23.2 Å². The fourth-order valence-electron chi connectivity index (χ4n) is 4.59. The SMILES string of the molecule is COC(=O)C12CCC(CNC(=O)c3ncnc4c(N)n(C)nc34)(CC1)CC2. The van der Waals surface area contributed by atoms with Crippen LogP contribution in [0.4, 0.5) is 5.82 Å². The highest BCUT2D eigenvalue weighted by molar-refractivity contribution is 6.04. The molecule has 0 spiro atoms. The van der Waals surface area contributed by atoms with Gasteiger partial charge in [-0.3, -0.25) is 14.3 Å². The topological polar surface area (TPSA) is 125 Å². The van der Waals surface area contributed by atoms with Gasteiger partial charge in [-0.25, -0.2) is 9.97 Å². The molecule has 3 saturated carbocycles. The highest BCUT2D eigenvalue weighted by atomic mass is 16.5. The quantitative estimate of drug-likeness (QED) is 0.772. The number of methoxy groups -OCH3 is 1. The second-order valence-electron chi connectivity index (χ2n) is 7.88. The van der Waals surface area contributed by atoms with Gasteiger partial charge < -0.3 is 15.8 Å². The number of esters is 1. The van der Waals surface area contributed by atoms with E-state index in [1.165, 1.54) is 18.1 Å². The van der Waals surface area contributed by atoms with Crippen LogP contribution in [-0.2, 0) is 16.6 Å². The predicted octanol–water partition coefficient (Wildman–Crippen LogP) is 1.19. The van der Waals surface area contributed by atoms with E-state index in [4.69, 9.17) is 10.5 Å². The Bertz CT molecular complexity index is 897. The van der Waals surface area contributed by atoms with Crippen LogP contribution in [0.15, 0.2) is 6.33 Å². The van der Waals surface area contributed by atoms with Crippen molar-refractivity contribution in [1.29, 1.82) is 0 Å². The van der Waals surface area contributed by atoms with Gasteiger partial charge in [0.05, 0.1) is 12.5 Å². The molecule has 144 valence electrons. The van der Waals surface area contributed by atoms with Crippen molar-refractivity contribution in [3.63, 3.8) is 0 Å². The van der Waals surface area contributed by atoms with E-state index in [0.717, 1.165) is 38.5 Å². The maximum absolute atomic E-state index is 12.7. The Morgan fingerprint density at radius 2 is 1.85 bits per heavy atom. The summed E-state index contributed by atoms with van der Waals surface area (Å²) in [5.41, 5.74) is 6.79. The molecule has 1 amide bonds. The molecule has 3 N–H and O–H groups in total.